The average molecular weight is 252 g/mol. The Labute approximate surface area is 99.5 Å². The Morgan fingerprint density at radius 3 is 1.94 bits per heavy atom. The van der Waals surface area contributed by atoms with Crippen LogP contribution in [0, 0.1) is 11.3 Å². The molecule has 0 fully saturated rings. The molecule has 0 unspecified atom stereocenters. The standard InChI is InChI=1S/C12H19F3O2/c1-5-8(6-2)9(16)7-10(17)11(3,4)12(13,14)15/h7-8,17H,5-6H2,1-4H3/b10-7-. The van der Waals surface area contributed by atoms with Gasteiger partial charge < -0.3 is 5.11 Å². The van der Waals surface area contributed by atoms with E-state index < -0.39 is 23.1 Å². The van der Waals surface area contributed by atoms with Gasteiger partial charge in [-0.15, -0.1) is 0 Å². The lowest BCUT2D eigenvalue weighted by molar-refractivity contribution is -0.206. The fourth-order valence-electron chi connectivity index (χ4n) is 1.27. The molecule has 0 aromatic heterocycles. The van der Waals surface area contributed by atoms with Crippen LogP contribution in [0.15, 0.2) is 11.8 Å². The molecule has 0 heterocycles. The van der Waals surface area contributed by atoms with E-state index in [9.17, 15) is 23.1 Å². The van der Waals surface area contributed by atoms with E-state index in [-0.39, 0.29) is 5.92 Å². The van der Waals surface area contributed by atoms with Crippen molar-refractivity contribution < 1.29 is 23.1 Å². The van der Waals surface area contributed by atoms with Crippen LogP contribution in [0.3, 0.4) is 0 Å². The van der Waals surface area contributed by atoms with Crippen molar-refractivity contribution in [1.29, 1.82) is 0 Å². The average Bonchev–Trinajstić information content (AvgIpc) is 2.17. The molecule has 5 heteroatoms. The zero-order chi connectivity index (χ0) is 13.9. The second kappa shape index (κ2) is 5.56. The molecule has 17 heavy (non-hydrogen) atoms. The van der Waals surface area contributed by atoms with Crippen molar-refractivity contribution in [2.75, 3.05) is 0 Å². The molecule has 0 aromatic rings. The van der Waals surface area contributed by atoms with Crippen LogP contribution in [0.4, 0.5) is 13.2 Å². The fraction of sp³-hybridized carbons (Fsp3) is 0.750. The van der Waals surface area contributed by atoms with Gasteiger partial charge in [0.1, 0.15) is 11.2 Å². The van der Waals surface area contributed by atoms with Crippen LogP contribution in [-0.4, -0.2) is 17.1 Å². The van der Waals surface area contributed by atoms with Crippen LogP contribution in [0.5, 0.6) is 0 Å². The summed E-state index contributed by atoms with van der Waals surface area (Å²) < 4.78 is 37.8. The molecule has 100 valence electrons. The van der Waals surface area contributed by atoms with Gasteiger partial charge in [0, 0.05) is 12.0 Å². The number of rotatable bonds is 5. The minimum absolute atomic E-state index is 0.332. The topological polar surface area (TPSA) is 37.3 Å². The Kier molecular flexibility index (Phi) is 5.23. The number of carbonyl (C=O) groups is 1. The van der Waals surface area contributed by atoms with Crippen molar-refractivity contribution in [2.24, 2.45) is 11.3 Å². The molecule has 0 saturated carbocycles. The van der Waals surface area contributed by atoms with E-state index >= 15 is 0 Å². The summed E-state index contributed by atoms with van der Waals surface area (Å²) in [6.07, 6.45) is -2.77. The first-order chi connectivity index (χ1) is 7.57. The van der Waals surface area contributed by atoms with Gasteiger partial charge >= 0.3 is 6.18 Å². The third-order valence-corrected chi connectivity index (χ3v) is 3.02. The first-order valence-corrected chi connectivity index (χ1v) is 5.59. The van der Waals surface area contributed by atoms with Crippen LogP contribution in [-0.2, 0) is 4.79 Å². The number of ketones is 1. The van der Waals surface area contributed by atoms with E-state index in [0.717, 1.165) is 13.8 Å². The maximum absolute atomic E-state index is 12.6. The van der Waals surface area contributed by atoms with Crippen LogP contribution < -0.4 is 0 Å². The Hall–Kier alpha value is -1.00. The summed E-state index contributed by atoms with van der Waals surface area (Å²) in [5.74, 6) is -1.71. The molecule has 0 rings (SSSR count). The Balaban J connectivity index is 5.05. The number of halogens is 3. The molecule has 0 bridgehead atoms. The summed E-state index contributed by atoms with van der Waals surface area (Å²) in [5.41, 5.74) is -2.39. The highest BCUT2D eigenvalue weighted by Gasteiger charge is 2.50. The van der Waals surface area contributed by atoms with Gasteiger partial charge in [-0.2, -0.15) is 13.2 Å². The third kappa shape index (κ3) is 3.75. The predicted octanol–water partition coefficient (Wildman–Crippen LogP) is 4.02. The molecular formula is C12H19F3O2. The quantitative estimate of drug-likeness (QED) is 0.592. The number of alkyl halides is 3. The SMILES string of the molecule is CCC(CC)C(=O)/C=C(\O)C(C)(C)C(F)(F)F. The molecule has 0 amide bonds. The summed E-state index contributed by atoms with van der Waals surface area (Å²) in [5, 5.41) is 9.44. The number of hydrogen-bond acceptors (Lipinski definition) is 2. The van der Waals surface area contributed by atoms with Crippen molar-refractivity contribution in [2.45, 2.75) is 46.7 Å². The monoisotopic (exact) mass is 252 g/mol. The summed E-state index contributed by atoms with van der Waals surface area (Å²) >= 11 is 0. The Morgan fingerprint density at radius 1 is 1.24 bits per heavy atom. The molecule has 0 radical (unpaired) electrons. The van der Waals surface area contributed by atoms with E-state index in [2.05, 4.69) is 0 Å². The molecule has 0 aliphatic heterocycles. The maximum atomic E-state index is 12.6. The van der Waals surface area contributed by atoms with Crippen LogP contribution >= 0.6 is 0 Å². The highest BCUT2D eigenvalue weighted by molar-refractivity contribution is 5.92. The van der Waals surface area contributed by atoms with Gasteiger partial charge in [-0.25, -0.2) is 0 Å². The molecule has 0 aliphatic carbocycles. The van der Waals surface area contributed by atoms with Crippen molar-refractivity contribution in [3.63, 3.8) is 0 Å². The van der Waals surface area contributed by atoms with Gasteiger partial charge in [0.05, 0.1) is 0 Å². The summed E-state index contributed by atoms with van der Waals surface area (Å²) in [6, 6.07) is 0. The second-order valence-electron chi connectivity index (χ2n) is 4.57. The van der Waals surface area contributed by atoms with Crippen molar-refractivity contribution in [3.05, 3.63) is 11.8 Å². The Morgan fingerprint density at radius 2 is 1.65 bits per heavy atom. The second-order valence-corrected chi connectivity index (χ2v) is 4.57. The van der Waals surface area contributed by atoms with Crippen LogP contribution in [0.2, 0.25) is 0 Å². The highest BCUT2D eigenvalue weighted by Crippen LogP contribution is 2.42. The molecule has 0 spiro atoms. The molecular weight excluding hydrogens is 233 g/mol. The largest absolute Gasteiger partial charge is 0.511 e. The van der Waals surface area contributed by atoms with E-state index in [1.165, 1.54) is 0 Å². The minimum Gasteiger partial charge on any atom is -0.511 e. The minimum atomic E-state index is -4.58. The lowest BCUT2D eigenvalue weighted by atomic mass is 9.87. The number of carbonyl (C=O) groups excluding carboxylic acids is 1. The van der Waals surface area contributed by atoms with Gasteiger partial charge in [0.15, 0.2) is 5.78 Å². The number of aliphatic hydroxyl groups excluding tert-OH is 1. The van der Waals surface area contributed by atoms with Gasteiger partial charge in [-0.1, -0.05) is 13.8 Å². The molecule has 0 aliphatic rings. The van der Waals surface area contributed by atoms with Crippen molar-refractivity contribution >= 4 is 5.78 Å². The molecule has 0 atom stereocenters. The molecule has 0 saturated heterocycles. The van der Waals surface area contributed by atoms with Gasteiger partial charge in [0.25, 0.3) is 0 Å². The first-order valence-electron chi connectivity index (χ1n) is 5.59. The number of aliphatic hydroxyl groups is 1. The number of hydrogen-bond donors (Lipinski definition) is 1. The smallest absolute Gasteiger partial charge is 0.400 e. The maximum Gasteiger partial charge on any atom is 0.400 e. The van der Waals surface area contributed by atoms with Crippen LogP contribution in [0.25, 0.3) is 0 Å². The van der Waals surface area contributed by atoms with E-state index in [0.29, 0.717) is 18.9 Å². The molecule has 0 aromatic carbocycles. The summed E-state index contributed by atoms with van der Waals surface area (Å²) in [7, 11) is 0. The Bertz CT molecular complexity index is 299. The predicted molar refractivity (Wildman–Crippen MR) is 59.6 cm³/mol. The first kappa shape index (κ1) is 16.0. The van der Waals surface area contributed by atoms with E-state index in [1.807, 2.05) is 0 Å². The van der Waals surface area contributed by atoms with Crippen LogP contribution in [0.1, 0.15) is 40.5 Å². The summed E-state index contributed by atoms with van der Waals surface area (Å²) in [4.78, 5) is 11.6. The lowest BCUT2D eigenvalue weighted by Gasteiger charge is -2.27. The van der Waals surface area contributed by atoms with E-state index in [4.69, 9.17) is 0 Å². The lowest BCUT2D eigenvalue weighted by Crippen LogP contribution is -2.34. The summed E-state index contributed by atoms with van der Waals surface area (Å²) in [6.45, 7) is 5.26. The van der Waals surface area contributed by atoms with Gasteiger partial charge in [-0.3, -0.25) is 4.79 Å². The molecule has 1 N–H and O–H groups in total. The van der Waals surface area contributed by atoms with Gasteiger partial charge in [-0.05, 0) is 26.7 Å². The van der Waals surface area contributed by atoms with Crippen molar-refractivity contribution in [1.82, 2.24) is 0 Å². The van der Waals surface area contributed by atoms with E-state index in [1.54, 1.807) is 13.8 Å². The molecule has 2 nitrogen and oxygen atoms in total. The zero-order valence-corrected chi connectivity index (χ0v) is 10.6. The zero-order valence-electron chi connectivity index (χ0n) is 10.6. The fourth-order valence-corrected chi connectivity index (χ4v) is 1.27. The highest BCUT2D eigenvalue weighted by atomic mass is 19.4. The third-order valence-electron chi connectivity index (χ3n) is 3.02. The van der Waals surface area contributed by atoms with Gasteiger partial charge in [0.2, 0.25) is 0 Å². The normalized spacial score (nSPS) is 14.2. The number of allylic oxidation sites excluding steroid dienone is 2. The van der Waals surface area contributed by atoms with Crippen molar-refractivity contribution in [3.8, 4) is 0 Å².